The van der Waals surface area contributed by atoms with Crippen molar-refractivity contribution in [2.75, 3.05) is 48.6 Å². The van der Waals surface area contributed by atoms with E-state index in [0.717, 1.165) is 49.4 Å². The van der Waals surface area contributed by atoms with E-state index in [0.29, 0.717) is 29.0 Å². The summed E-state index contributed by atoms with van der Waals surface area (Å²) in [5.41, 5.74) is 5.68. The van der Waals surface area contributed by atoms with E-state index >= 15 is 0 Å². The minimum Gasteiger partial charge on any atom is -0.384 e. The van der Waals surface area contributed by atoms with Gasteiger partial charge in [-0.1, -0.05) is 6.07 Å². The van der Waals surface area contributed by atoms with Crippen LogP contribution in [0.1, 0.15) is 22.3 Å². The lowest BCUT2D eigenvalue weighted by Crippen LogP contribution is -2.26. The number of aromatic nitrogens is 3. The third-order valence-corrected chi connectivity index (χ3v) is 6.55. The predicted molar refractivity (Wildman–Crippen MR) is 138 cm³/mol. The van der Waals surface area contributed by atoms with Crippen molar-refractivity contribution in [1.29, 1.82) is 5.26 Å². The van der Waals surface area contributed by atoms with Gasteiger partial charge in [0.2, 0.25) is 5.95 Å². The lowest BCUT2D eigenvalue weighted by atomic mass is 9.99. The monoisotopic (exact) mass is 489 g/mol. The second-order valence-electron chi connectivity index (χ2n) is 9.09. The highest BCUT2D eigenvalue weighted by Crippen LogP contribution is 2.34. The molecule has 2 aromatic heterocycles. The van der Waals surface area contributed by atoms with Gasteiger partial charge in [0, 0.05) is 64.9 Å². The molecule has 0 saturated heterocycles. The van der Waals surface area contributed by atoms with Crippen LogP contribution >= 0.6 is 0 Å². The van der Waals surface area contributed by atoms with Gasteiger partial charge in [-0.25, -0.2) is 14.2 Å². The van der Waals surface area contributed by atoms with Gasteiger partial charge in [0.15, 0.2) is 11.6 Å². The van der Waals surface area contributed by atoms with Crippen LogP contribution in [0.3, 0.4) is 0 Å². The molecule has 0 fully saturated rings. The summed E-state index contributed by atoms with van der Waals surface area (Å²) in [6, 6.07) is 10.2. The molecule has 0 unspecified atom stereocenters. The average molecular weight is 490 g/mol. The van der Waals surface area contributed by atoms with Gasteiger partial charge in [-0.3, -0.25) is 0 Å². The highest BCUT2D eigenvalue weighted by Gasteiger charge is 2.20. The van der Waals surface area contributed by atoms with E-state index < -0.39 is 9.73 Å². The number of nitrogens with zero attached hydrogens (tertiary/aromatic N) is 6. The first-order chi connectivity index (χ1) is 16.8. The van der Waals surface area contributed by atoms with Crippen molar-refractivity contribution >= 4 is 44.5 Å². The second-order valence-corrected chi connectivity index (χ2v) is 11.6. The van der Waals surface area contributed by atoms with Gasteiger partial charge in [0.05, 0.1) is 6.20 Å². The Morgan fingerprint density at radius 1 is 1.14 bits per heavy atom. The first-order valence-corrected chi connectivity index (χ1v) is 13.7. The van der Waals surface area contributed by atoms with Crippen LogP contribution in [0.2, 0.25) is 0 Å². The summed E-state index contributed by atoms with van der Waals surface area (Å²) in [4.78, 5) is 15.8. The van der Waals surface area contributed by atoms with Crippen LogP contribution in [-0.4, -0.2) is 56.7 Å². The Hall–Kier alpha value is -3.75. The molecule has 3 N–H and O–H groups in total. The topological polar surface area (TPSA) is 131 Å². The van der Waals surface area contributed by atoms with Crippen molar-refractivity contribution in [2.45, 2.75) is 19.4 Å². The maximum Gasteiger partial charge on any atom is 0.229 e. The fraction of sp³-hybridized carbons (Fsp3) is 0.333. The van der Waals surface area contributed by atoms with Crippen molar-refractivity contribution < 1.29 is 4.21 Å². The molecule has 4 heterocycles. The number of benzene rings is 1. The number of hydrogen-bond donors (Lipinski definition) is 3. The molecule has 180 valence electrons. The van der Waals surface area contributed by atoms with E-state index in [1.807, 2.05) is 6.07 Å². The molecule has 0 bridgehead atoms. The van der Waals surface area contributed by atoms with Gasteiger partial charge in [-0.2, -0.15) is 14.6 Å². The molecule has 0 radical (unpaired) electrons. The molecule has 5 rings (SSSR count). The van der Waals surface area contributed by atoms with Crippen molar-refractivity contribution in [3.63, 3.8) is 0 Å². The summed E-state index contributed by atoms with van der Waals surface area (Å²) in [7, 11) is -0.265. The smallest absolute Gasteiger partial charge is 0.229 e. The Morgan fingerprint density at radius 3 is 2.80 bits per heavy atom. The maximum atomic E-state index is 12.2. The molecule has 0 saturated carbocycles. The highest BCUT2D eigenvalue weighted by atomic mass is 32.2. The molecule has 0 atom stereocenters. The minimum absolute atomic E-state index is 0.293. The third kappa shape index (κ3) is 5.18. The zero-order valence-corrected chi connectivity index (χ0v) is 20.7. The summed E-state index contributed by atoms with van der Waals surface area (Å²) >= 11 is 0. The average Bonchev–Trinajstić information content (AvgIpc) is 3.27. The third-order valence-electron chi connectivity index (χ3n) is 5.93. The van der Waals surface area contributed by atoms with Crippen molar-refractivity contribution in [2.24, 2.45) is 4.36 Å². The Morgan fingerprint density at radius 2 is 2.00 bits per heavy atom. The number of rotatable bonds is 5. The lowest BCUT2D eigenvalue weighted by molar-refractivity contribution is 0.313. The van der Waals surface area contributed by atoms with Crippen molar-refractivity contribution in [3.05, 3.63) is 52.7 Å². The summed E-state index contributed by atoms with van der Waals surface area (Å²) in [5.74, 6) is 1.61. The van der Waals surface area contributed by atoms with Crippen LogP contribution in [-0.2, 0) is 29.1 Å². The summed E-state index contributed by atoms with van der Waals surface area (Å²) < 4.78 is 16.5. The quantitative estimate of drug-likeness (QED) is 0.492. The molecule has 1 aromatic carbocycles. The first-order valence-electron chi connectivity index (χ1n) is 11.3. The Bertz CT molecular complexity index is 1460. The molecular formula is C24H27N9OS. The molecule has 10 nitrogen and oxygen atoms in total. The molecule has 35 heavy (non-hydrogen) atoms. The fourth-order valence-corrected chi connectivity index (χ4v) is 4.85. The van der Waals surface area contributed by atoms with Crippen LogP contribution < -0.4 is 16.0 Å². The Labute approximate surface area is 205 Å². The van der Waals surface area contributed by atoms with Crippen LogP contribution in [0.15, 0.2) is 34.8 Å². The van der Waals surface area contributed by atoms with Crippen molar-refractivity contribution in [3.8, 4) is 6.07 Å². The van der Waals surface area contributed by atoms with E-state index in [1.54, 1.807) is 18.6 Å². The molecule has 0 spiro atoms. The Balaban J connectivity index is 1.47. The molecule has 2 aliphatic heterocycles. The van der Waals surface area contributed by atoms with E-state index in [2.05, 4.69) is 65.4 Å². The van der Waals surface area contributed by atoms with Crippen LogP contribution in [0.5, 0.6) is 0 Å². The zero-order valence-electron chi connectivity index (χ0n) is 19.9. The van der Waals surface area contributed by atoms with Crippen LogP contribution in [0.25, 0.3) is 0 Å². The number of likely N-dealkylation sites (N-methyl/N-ethyl adjacent to an activating group) is 1. The SMILES string of the molecule is CN1CCc2ccc(Nc3ncc(C#N)c(Nc4nc(N=S(C)(C)=O)cc5c4CCN5)n3)cc2C1. The summed E-state index contributed by atoms with van der Waals surface area (Å²) in [5, 5.41) is 19.4. The van der Waals surface area contributed by atoms with Crippen LogP contribution in [0, 0.1) is 11.3 Å². The molecule has 0 amide bonds. The number of fused-ring (bicyclic) bond motifs is 2. The molecule has 0 aliphatic carbocycles. The minimum atomic E-state index is -2.38. The maximum absolute atomic E-state index is 12.2. The molecule has 3 aromatic rings. The number of nitrogens with one attached hydrogen (secondary N) is 3. The lowest BCUT2D eigenvalue weighted by Gasteiger charge is -2.25. The second kappa shape index (κ2) is 9.13. The predicted octanol–water partition coefficient (Wildman–Crippen LogP) is 3.55. The standard InChI is InChI=1S/C24H27N9OS/c1-33-9-7-15-4-5-18(10-16(15)14-33)28-24-27-13-17(12-25)22(31-24)30-23-19-6-8-26-20(19)11-21(29-23)32-35(2,3)34/h4-5,10-11,13,26H,6-9,14H2,1-3H3,(H2,27,28,29,30,31). The van der Waals surface area contributed by atoms with Gasteiger partial charge in [0.1, 0.15) is 17.5 Å². The fourth-order valence-electron chi connectivity index (χ4n) is 4.30. The molecule has 11 heteroatoms. The van der Waals surface area contributed by atoms with E-state index in [1.165, 1.54) is 17.3 Å². The number of hydrogen-bond acceptors (Lipinski definition) is 10. The van der Waals surface area contributed by atoms with Gasteiger partial charge in [0.25, 0.3) is 0 Å². The van der Waals surface area contributed by atoms with Gasteiger partial charge in [-0.15, -0.1) is 0 Å². The van der Waals surface area contributed by atoms with Gasteiger partial charge < -0.3 is 20.9 Å². The van der Waals surface area contributed by atoms with E-state index in [9.17, 15) is 9.47 Å². The van der Waals surface area contributed by atoms with Crippen molar-refractivity contribution in [1.82, 2.24) is 19.9 Å². The summed E-state index contributed by atoms with van der Waals surface area (Å²) in [6.07, 6.45) is 6.42. The van der Waals surface area contributed by atoms with E-state index in [4.69, 9.17) is 0 Å². The highest BCUT2D eigenvalue weighted by molar-refractivity contribution is 7.92. The number of pyridine rings is 1. The number of anilines is 5. The zero-order chi connectivity index (χ0) is 24.6. The first kappa shape index (κ1) is 23.0. The molecule has 2 aliphatic rings. The molecular weight excluding hydrogens is 462 g/mol. The summed E-state index contributed by atoms with van der Waals surface area (Å²) in [6.45, 7) is 2.72. The Kier molecular flexibility index (Phi) is 6.00. The van der Waals surface area contributed by atoms with Gasteiger partial charge in [-0.05, 0) is 43.1 Å². The van der Waals surface area contributed by atoms with E-state index in [-0.39, 0.29) is 0 Å². The largest absolute Gasteiger partial charge is 0.384 e. The van der Waals surface area contributed by atoms with Crippen LogP contribution in [0.4, 0.5) is 34.8 Å². The van der Waals surface area contributed by atoms with Gasteiger partial charge >= 0.3 is 0 Å². The normalized spacial score (nSPS) is 14.9. The number of nitriles is 1.